The molecule has 0 aromatic heterocycles. The summed E-state index contributed by atoms with van der Waals surface area (Å²) in [5, 5.41) is 0. The van der Waals surface area contributed by atoms with Crippen molar-refractivity contribution in [2.24, 2.45) is 0 Å². The van der Waals surface area contributed by atoms with Gasteiger partial charge in [0, 0.05) is 11.1 Å². The molecule has 0 fully saturated rings. The molecule has 0 nitrogen and oxygen atoms in total. The van der Waals surface area contributed by atoms with E-state index in [4.69, 9.17) is 0 Å². The van der Waals surface area contributed by atoms with Crippen molar-refractivity contribution in [1.29, 1.82) is 0 Å². The molecule has 6 rings (SSSR count). The van der Waals surface area contributed by atoms with Crippen LogP contribution in [0, 0.1) is 0 Å². The molecule has 2 bridgehead atoms. The van der Waals surface area contributed by atoms with E-state index in [1.165, 1.54) is 24.2 Å². The molecule has 3 aromatic carbocycles. The zero-order valence-corrected chi connectivity index (χ0v) is 13.9. The van der Waals surface area contributed by atoms with E-state index in [1.54, 1.807) is 20.9 Å². The van der Waals surface area contributed by atoms with Crippen molar-refractivity contribution < 1.29 is 0 Å². The molecule has 0 atom stereocenters. The van der Waals surface area contributed by atoms with Crippen molar-refractivity contribution in [1.82, 2.24) is 0 Å². The summed E-state index contributed by atoms with van der Waals surface area (Å²) in [4.78, 5) is 3.15. The molecule has 23 heavy (non-hydrogen) atoms. The summed E-state index contributed by atoms with van der Waals surface area (Å²) in [5.41, 5.74) is 4.58. The highest BCUT2D eigenvalue weighted by atomic mass is 32.2. The largest absolute Gasteiger partial charge is 0.165 e. The van der Waals surface area contributed by atoms with Crippen molar-refractivity contribution in [3.8, 4) is 0 Å². The second-order valence-electron chi connectivity index (χ2n) is 6.46. The third-order valence-electron chi connectivity index (χ3n) is 5.39. The standard InChI is InChI=1S/C22H19S/c1-2-9-17(10-3-1)22-15-8-16-23(20-13-6-4-11-18(20)22)21-14-7-5-12-19(21)22/h1-7,9-14H,8,15-16H2/q+1. The molecule has 0 saturated heterocycles. The summed E-state index contributed by atoms with van der Waals surface area (Å²) in [6.07, 6.45) is 2.51. The van der Waals surface area contributed by atoms with Crippen molar-refractivity contribution in [2.75, 3.05) is 5.75 Å². The van der Waals surface area contributed by atoms with Gasteiger partial charge in [0.25, 0.3) is 0 Å². The monoisotopic (exact) mass is 315 g/mol. The predicted molar refractivity (Wildman–Crippen MR) is 97.2 cm³/mol. The molecule has 1 heteroatoms. The highest BCUT2D eigenvalue weighted by Gasteiger charge is 2.52. The van der Waals surface area contributed by atoms with Gasteiger partial charge in [0.2, 0.25) is 0 Å². The molecular formula is C22H19S+. The van der Waals surface area contributed by atoms with Crippen LogP contribution in [0.2, 0.25) is 0 Å². The van der Waals surface area contributed by atoms with E-state index in [0.29, 0.717) is 0 Å². The average molecular weight is 315 g/mol. The molecule has 0 unspecified atom stereocenters. The van der Waals surface area contributed by atoms with Gasteiger partial charge in [-0.25, -0.2) is 0 Å². The summed E-state index contributed by atoms with van der Waals surface area (Å²) in [5.74, 6) is 1.29. The SMILES string of the molecule is c1ccc(C23CCC[S+](c4ccccc42)c2ccccc23)cc1. The van der Waals surface area contributed by atoms with Crippen LogP contribution in [-0.2, 0) is 16.3 Å². The number of hydrogen-bond donors (Lipinski definition) is 0. The lowest BCUT2D eigenvalue weighted by Crippen LogP contribution is -2.33. The van der Waals surface area contributed by atoms with E-state index in [0.717, 1.165) is 0 Å². The van der Waals surface area contributed by atoms with Crippen LogP contribution in [0.5, 0.6) is 0 Å². The lowest BCUT2D eigenvalue weighted by molar-refractivity contribution is 0.541. The zero-order valence-electron chi connectivity index (χ0n) is 13.0. The van der Waals surface area contributed by atoms with Crippen LogP contribution in [0.3, 0.4) is 0 Å². The summed E-state index contributed by atoms with van der Waals surface area (Å²) in [6, 6.07) is 29.5. The average Bonchev–Trinajstić information content (AvgIpc) is 2.91. The quantitative estimate of drug-likeness (QED) is 0.544. The smallest absolute Gasteiger partial charge is 0.0622 e. The fraction of sp³-hybridized carbons (Fsp3) is 0.182. The Balaban J connectivity index is 1.93. The second kappa shape index (κ2) is 5.01. The van der Waals surface area contributed by atoms with Gasteiger partial charge in [-0.3, -0.25) is 0 Å². The molecular weight excluding hydrogens is 296 g/mol. The Morgan fingerprint density at radius 2 is 1.22 bits per heavy atom. The van der Waals surface area contributed by atoms with E-state index in [2.05, 4.69) is 78.9 Å². The number of hydrogen-bond acceptors (Lipinski definition) is 0. The van der Waals surface area contributed by atoms with Gasteiger partial charge >= 0.3 is 0 Å². The van der Waals surface area contributed by atoms with Gasteiger partial charge in [0.15, 0.2) is 9.79 Å². The first kappa shape index (κ1) is 13.4. The lowest BCUT2D eigenvalue weighted by Gasteiger charge is -2.37. The molecule has 0 saturated carbocycles. The number of rotatable bonds is 1. The Morgan fingerprint density at radius 3 is 1.87 bits per heavy atom. The zero-order chi connectivity index (χ0) is 15.3. The summed E-state index contributed by atoms with van der Waals surface area (Å²) in [6.45, 7) is 0. The molecule has 0 aliphatic carbocycles. The Hall–Kier alpha value is -1.99. The van der Waals surface area contributed by atoms with Crippen molar-refractivity contribution in [2.45, 2.75) is 28.0 Å². The van der Waals surface area contributed by atoms with Crippen LogP contribution in [0.25, 0.3) is 0 Å². The van der Waals surface area contributed by atoms with Crippen LogP contribution >= 0.6 is 0 Å². The summed E-state index contributed by atoms with van der Waals surface area (Å²) >= 11 is 0. The van der Waals surface area contributed by atoms with Gasteiger partial charge in [-0.2, -0.15) is 0 Å². The minimum atomic E-state index is 0.0362. The van der Waals surface area contributed by atoms with Gasteiger partial charge in [0.1, 0.15) is 5.75 Å². The maximum atomic E-state index is 2.38. The second-order valence-corrected chi connectivity index (χ2v) is 8.53. The highest BCUT2D eigenvalue weighted by molar-refractivity contribution is 7.97. The van der Waals surface area contributed by atoms with E-state index in [1.807, 2.05) is 0 Å². The maximum Gasteiger partial charge on any atom is 0.165 e. The molecule has 0 spiro atoms. The van der Waals surface area contributed by atoms with Crippen molar-refractivity contribution >= 4 is 10.9 Å². The first-order valence-electron chi connectivity index (χ1n) is 8.37. The molecule has 3 aliphatic rings. The van der Waals surface area contributed by atoms with E-state index in [9.17, 15) is 0 Å². The molecule has 0 amide bonds. The van der Waals surface area contributed by atoms with Gasteiger partial charge in [-0.15, -0.1) is 0 Å². The minimum Gasteiger partial charge on any atom is -0.0622 e. The van der Waals surface area contributed by atoms with Gasteiger partial charge in [-0.05, 0) is 30.5 Å². The van der Waals surface area contributed by atoms with Gasteiger partial charge in [0.05, 0.1) is 16.3 Å². The molecule has 3 heterocycles. The third-order valence-corrected chi connectivity index (χ3v) is 7.86. The van der Waals surface area contributed by atoms with E-state index < -0.39 is 0 Å². The summed E-state index contributed by atoms with van der Waals surface area (Å²) in [7, 11) is 0.247. The molecule has 0 radical (unpaired) electrons. The van der Waals surface area contributed by atoms with Crippen molar-refractivity contribution in [3.63, 3.8) is 0 Å². The van der Waals surface area contributed by atoms with E-state index >= 15 is 0 Å². The Kier molecular flexibility index (Phi) is 2.93. The Bertz CT molecular complexity index is 818. The van der Waals surface area contributed by atoms with Crippen LogP contribution in [0.15, 0.2) is 88.7 Å². The van der Waals surface area contributed by atoms with E-state index in [-0.39, 0.29) is 16.3 Å². The first-order chi connectivity index (χ1) is 11.4. The highest BCUT2D eigenvalue weighted by Crippen LogP contribution is 2.55. The van der Waals surface area contributed by atoms with Crippen LogP contribution in [-0.4, -0.2) is 5.75 Å². The van der Waals surface area contributed by atoms with Gasteiger partial charge < -0.3 is 0 Å². The molecule has 112 valence electrons. The topological polar surface area (TPSA) is 0 Å². The van der Waals surface area contributed by atoms with Crippen LogP contribution < -0.4 is 0 Å². The summed E-state index contributed by atoms with van der Waals surface area (Å²) < 4.78 is 0. The fourth-order valence-corrected chi connectivity index (χ4v) is 7.09. The normalized spacial score (nSPS) is 24.6. The van der Waals surface area contributed by atoms with Crippen LogP contribution in [0.4, 0.5) is 0 Å². The lowest BCUT2D eigenvalue weighted by atomic mass is 9.66. The molecule has 0 N–H and O–H groups in total. The van der Waals surface area contributed by atoms with Crippen molar-refractivity contribution in [3.05, 3.63) is 95.6 Å². The first-order valence-corrected chi connectivity index (χ1v) is 9.76. The number of fused-ring (bicyclic) bond motifs is 2. The molecule has 3 aliphatic heterocycles. The molecule has 3 aromatic rings. The third kappa shape index (κ3) is 1.74. The fourth-order valence-electron chi connectivity index (χ4n) is 4.48. The Morgan fingerprint density at radius 1 is 0.652 bits per heavy atom. The Labute approximate surface area is 140 Å². The predicted octanol–water partition coefficient (Wildman–Crippen LogP) is 5.16. The van der Waals surface area contributed by atoms with Crippen LogP contribution in [0.1, 0.15) is 29.5 Å². The minimum absolute atomic E-state index is 0.0362. The van der Waals surface area contributed by atoms with Gasteiger partial charge in [-0.1, -0.05) is 66.7 Å². The maximum absolute atomic E-state index is 2.38. The number of benzene rings is 3.